The first-order valence-electron chi connectivity index (χ1n) is 10.3. The molecule has 2 aliphatic rings. The first-order chi connectivity index (χ1) is 13.7. The average molecular weight is 384 g/mol. The second kappa shape index (κ2) is 8.20. The summed E-state index contributed by atoms with van der Waals surface area (Å²) in [4.78, 5) is 37.2. The molecule has 2 aliphatic heterocycles. The van der Waals surface area contributed by atoms with Crippen molar-refractivity contribution < 1.29 is 14.3 Å². The number of esters is 1. The van der Waals surface area contributed by atoms with Gasteiger partial charge in [-0.3, -0.25) is 9.59 Å². The van der Waals surface area contributed by atoms with E-state index in [1.54, 1.807) is 0 Å². The maximum Gasteiger partial charge on any atom is 0.310 e. The molecule has 150 valence electrons. The number of anilines is 1. The second-order valence-electron chi connectivity index (χ2n) is 7.71. The molecule has 0 aliphatic carbocycles. The molecule has 0 saturated carbocycles. The Kier molecular flexibility index (Phi) is 5.50. The minimum Gasteiger partial charge on any atom is -0.466 e. The second-order valence-corrected chi connectivity index (χ2v) is 7.71. The van der Waals surface area contributed by atoms with Gasteiger partial charge in [0.15, 0.2) is 0 Å². The molecule has 0 unspecified atom stereocenters. The van der Waals surface area contributed by atoms with E-state index >= 15 is 0 Å². The van der Waals surface area contributed by atoms with E-state index in [2.05, 4.69) is 14.9 Å². The third-order valence-electron chi connectivity index (χ3n) is 5.87. The SMILES string of the molecule is CCOC(=O)[C@@H]1CCCN(C(=O)C2CCN(c3nc4ccccc4[nH]3)CC2)C1. The van der Waals surface area contributed by atoms with E-state index < -0.39 is 0 Å². The summed E-state index contributed by atoms with van der Waals surface area (Å²) in [5, 5.41) is 0. The summed E-state index contributed by atoms with van der Waals surface area (Å²) in [6, 6.07) is 8.01. The van der Waals surface area contributed by atoms with Gasteiger partial charge in [-0.25, -0.2) is 4.98 Å². The smallest absolute Gasteiger partial charge is 0.310 e. The number of carbonyl (C=O) groups is 2. The van der Waals surface area contributed by atoms with Crippen molar-refractivity contribution in [1.82, 2.24) is 14.9 Å². The summed E-state index contributed by atoms with van der Waals surface area (Å²) in [5.41, 5.74) is 2.00. The van der Waals surface area contributed by atoms with Crippen LogP contribution in [0.3, 0.4) is 0 Å². The number of benzene rings is 1. The van der Waals surface area contributed by atoms with Crippen LogP contribution in [0.15, 0.2) is 24.3 Å². The van der Waals surface area contributed by atoms with E-state index in [-0.39, 0.29) is 23.7 Å². The lowest BCUT2D eigenvalue weighted by atomic mass is 9.92. The maximum atomic E-state index is 13.0. The molecular formula is C21H28N4O3. The third-order valence-corrected chi connectivity index (χ3v) is 5.87. The maximum absolute atomic E-state index is 13.0. The predicted molar refractivity (Wildman–Crippen MR) is 107 cm³/mol. The summed E-state index contributed by atoms with van der Waals surface area (Å²) >= 11 is 0. The Labute approximate surface area is 165 Å². The van der Waals surface area contributed by atoms with Gasteiger partial charge in [0.25, 0.3) is 0 Å². The molecule has 7 heteroatoms. The fourth-order valence-corrected chi connectivity index (χ4v) is 4.32. The lowest BCUT2D eigenvalue weighted by molar-refractivity contribution is -0.152. The van der Waals surface area contributed by atoms with Gasteiger partial charge in [-0.2, -0.15) is 0 Å². The van der Waals surface area contributed by atoms with E-state index in [4.69, 9.17) is 4.74 Å². The zero-order valence-corrected chi connectivity index (χ0v) is 16.4. The van der Waals surface area contributed by atoms with Gasteiger partial charge in [0.1, 0.15) is 0 Å². The lowest BCUT2D eigenvalue weighted by Gasteiger charge is -2.37. The van der Waals surface area contributed by atoms with E-state index in [9.17, 15) is 9.59 Å². The van der Waals surface area contributed by atoms with Crippen molar-refractivity contribution in [1.29, 1.82) is 0 Å². The zero-order valence-electron chi connectivity index (χ0n) is 16.4. The van der Waals surface area contributed by atoms with Crippen LogP contribution in [0, 0.1) is 11.8 Å². The monoisotopic (exact) mass is 384 g/mol. The van der Waals surface area contributed by atoms with Crippen LogP contribution in [0.2, 0.25) is 0 Å². The van der Waals surface area contributed by atoms with Gasteiger partial charge < -0.3 is 19.5 Å². The summed E-state index contributed by atoms with van der Waals surface area (Å²) in [5.74, 6) is 0.764. The summed E-state index contributed by atoms with van der Waals surface area (Å²) in [7, 11) is 0. The van der Waals surface area contributed by atoms with Gasteiger partial charge in [0.2, 0.25) is 11.9 Å². The highest BCUT2D eigenvalue weighted by molar-refractivity contribution is 5.81. The first-order valence-corrected chi connectivity index (χ1v) is 10.3. The number of fused-ring (bicyclic) bond motifs is 1. The van der Waals surface area contributed by atoms with E-state index in [1.165, 1.54) is 0 Å². The van der Waals surface area contributed by atoms with Crippen molar-refractivity contribution in [3.05, 3.63) is 24.3 Å². The zero-order chi connectivity index (χ0) is 19.5. The van der Waals surface area contributed by atoms with E-state index in [0.29, 0.717) is 13.2 Å². The Hall–Kier alpha value is -2.57. The van der Waals surface area contributed by atoms with Crippen molar-refractivity contribution in [3.8, 4) is 0 Å². The minimum absolute atomic E-state index is 0.0292. The molecule has 0 bridgehead atoms. The number of aromatic amines is 1. The largest absolute Gasteiger partial charge is 0.466 e. The number of hydrogen-bond donors (Lipinski definition) is 1. The summed E-state index contributed by atoms with van der Waals surface area (Å²) < 4.78 is 5.15. The number of nitrogens with one attached hydrogen (secondary N) is 1. The van der Waals surface area contributed by atoms with Crippen LogP contribution >= 0.6 is 0 Å². The molecule has 3 heterocycles. The fourth-order valence-electron chi connectivity index (χ4n) is 4.32. The van der Waals surface area contributed by atoms with Gasteiger partial charge in [-0.1, -0.05) is 12.1 Å². The van der Waals surface area contributed by atoms with Gasteiger partial charge in [-0.15, -0.1) is 0 Å². The Bertz CT molecular complexity index is 808. The van der Waals surface area contributed by atoms with Crippen LogP contribution in [0.1, 0.15) is 32.6 Å². The summed E-state index contributed by atoms with van der Waals surface area (Å²) in [6.07, 6.45) is 3.31. The molecule has 0 radical (unpaired) electrons. The number of ether oxygens (including phenoxy) is 1. The average Bonchev–Trinajstić information content (AvgIpc) is 3.18. The van der Waals surface area contributed by atoms with Crippen LogP contribution in [-0.2, 0) is 14.3 Å². The number of rotatable bonds is 4. The fraction of sp³-hybridized carbons (Fsp3) is 0.571. The molecule has 2 fully saturated rings. The number of nitrogens with zero attached hydrogens (tertiary/aromatic N) is 3. The quantitative estimate of drug-likeness (QED) is 0.820. The molecule has 1 aromatic carbocycles. The van der Waals surface area contributed by atoms with Gasteiger partial charge in [-0.05, 0) is 44.7 Å². The number of carbonyl (C=O) groups excluding carboxylic acids is 2. The molecule has 1 aromatic heterocycles. The van der Waals surface area contributed by atoms with Crippen LogP contribution in [0.5, 0.6) is 0 Å². The molecular weight excluding hydrogens is 356 g/mol. The number of imidazole rings is 1. The Balaban J connectivity index is 1.34. The molecule has 1 atom stereocenters. The van der Waals surface area contributed by atoms with Crippen molar-refractivity contribution in [2.45, 2.75) is 32.6 Å². The van der Waals surface area contributed by atoms with Gasteiger partial charge in [0.05, 0.1) is 23.6 Å². The van der Waals surface area contributed by atoms with E-state index in [1.807, 2.05) is 36.1 Å². The first kappa shape index (κ1) is 18.8. The number of piperidine rings is 2. The van der Waals surface area contributed by atoms with Gasteiger partial charge in [0, 0.05) is 32.1 Å². The van der Waals surface area contributed by atoms with Crippen molar-refractivity contribution in [3.63, 3.8) is 0 Å². The van der Waals surface area contributed by atoms with E-state index in [0.717, 1.165) is 62.3 Å². The third kappa shape index (κ3) is 3.84. The molecule has 7 nitrogen and oxygen atoms in total. The summed E-state index contributed by atoms with van der Waals surface area (Å²) in [6.45, 7) is 5.08. The minimum atomic E-state index is -0.173. The highest BCUT2D eigenvalue weighted by atomic mass is 16.5. The van der Waals surface area contributed by atoms with Crippen LogP contribution in [0.25, 0.3) is 11.0 Å². The van der Waals surface area contributed by atoms with Gasteiger partial charge >= 0.3 is 5.97 Å². The molecule has 1 N–H and O–H groups in total. The van der Waals surface area contributed by atoms with Crippen LogP contribution < -0.4 is 4.90 Å². The molecule has 1 amide bonds. The van der Waals surface area contributed by atoms with Crippen LogP contribution in [-0.4, -0.2) is 59.5 Å². The highest BCUT2D eigenvalue weighted by Gasteiger charge is 2.34. The Morgan fingerprint density at radius 3 is 2.68 bits per heavy atom. The number of aromatic nitrogens is 2. The van der Waals surface area contributed by atoms with Crippen molar-refractivity contribution in [2.75, 3.05) is 37.7 Å². The standard InChI is InChI=1S/C21H28N4O3/c1-2-28-20(27)16-6-5-11-25(14-16)19(26)15-9-12-24(13-10-15)21-22-17-7-3-4-8-18(17)23-21/h3-4,7-8,15-16H,2,5-6,9-14H2,1H3,(H,22,23)/t16-/m1/s1. The number of H-pyrrole nitrogens is 1. The Morgan fingerprint density at radius 1 is 1.14 bits per heavy atom. The van der Waals surface area contributed by atoms with Crippen molar-refractivity contribution in [2.24, 2.45) is 11.8 Å². The number of amides is 1. The molecule has 2 saturated heterocycles. The number of likely N-dealkylation sites (tertiary alicyclic amines) is 1. The highest BCUT2D eigenvalue weighted by Crippen LogP contribution is 2.27. The van der Waals surface area contributed by atoms with Crippen molar-refractivity contribution >= 4 is 28.9 Å². The number of para-hydroxylation sites is 2. The Morgan fingerprint density at radius 2 is 1.93 bits per heavy atom. The normalized spacial score (nSPS) is 21.1. The lowest BCUT2D eigenvalue weighted by Crippen LogP contribution is -2.47. The molecule has 4 rings (SSSR count). The number of hydrogen-bond acceptors (Lipinski definition) is 5. The molecule has 2 aromatic rings. The molecule has 28 heavy (non-hydrogen) atoms. The molecule has 0 spiro atoms. The topological polar surface area (TPSA) is 78.5 Å². The predicted octanol–water partition coefficient (Wildman–Crippen LogP) is 2.58. The van der Waals surface area contributed by atoms with Crippen LogP contribution in [0.4, 0.5) is 5.95 Å².